The topological polar surface area (TPSA) is 32.3 Å². The van der Waals surface area contributed by atoms with Gasteiger partial charge >= 0.3 is 0 Å². The van der Waals surface area contributed by atoms with E-state index in [-0.39, 0.29) is 6.61 Å². The fraction of sp³-hybridized carbons (Fsp3) is 0.750. The van der Waals surface area contributed by atoms with E-state index in [1.165, 1.54) is 0 Å². The van der Waals surface area contributed by atoms with Gasteiger partial charge in [-0.05, 0) is 13.0 Å². The van der Waals surface area contributed by atoms with Crippen molar-refractivity contribution >= 4 is 0 Å². The molecule has 0 aliphatic carbocycles. The molecule has 0 rings (SSSR count). The average molecular weight is 141 g/mol. The van der Waals surface area contributed by atoms with Gasteiger partial charge in [-0.3, -0.25) is 5.32 Å². The molecule has 0 saturated carbocycles. The molecule has 2 heteroatoms. The average Bonchev–Trinajstić information content (AvgIpc) is 2.01. The Bertz CT molecular complexity index is 122. The van der Waals surface area contributed by atoms with Crippen LogP contribution in [0.2, 0.25) is 0 Å². The summed E-state index contributed by atoms with van der Waals surface area (Å²) < 4.78 is 0. The van der Waals surface area contributed by atoms with Crippen molar-refractivity contribution in [3.05, 3.63) is 0 Å². The van der Waals surface area contributed by atoms with Gasteiger partial charge in [0, 0.05) is 0 Å². The zero-order valence-electron chi connectivity index (χ0n) is 6.65. The highest BCUT2D eigenvalue weighted by molar-refractivity contribution is 5.12. The van der Waals surface area contributed by atoms with E-state index < -0.39 is 5.54 Å². The highest BCUT2D eigenvalue weighted by Gasteiger charge is 2.21. The predicted octanol–water partition coefficient (Wildman–Crippen LogP) is 0.370. The maximum absolute atomic E-state index is 8.90. The third kappa shape index (κ3) is 2.02. The summed E-state index contributed by atoms with van der Waals surface area (Å²) in [5.41, 5.74) is -0.491. The van der Waals surface area contributed by atoms with Gasteiger partial charge in [0.05, 0.1) is 6.61 Å². The monoisotopic (exact) mass is 141 g/mol. The van der Waals surface area contributed by atoms with Crippen LogP contribution < -0.4 is 5.32 Å². The molecular formula is C8H15NO. The molecule has 0 amide bonds. The maximum atomic E-state index is 8.90. The largest absolute Gasteiger partial charge is 0.393 e. The quantitative estimate of drug-likeness (QED) is 0.554. The fourth-order valence-electron chi connectivity index (χ4n) is 0.830. The number of aliphatic hydroxyl groups is 1. The molecular weight excluding hydrogens is 126 g/mol. The van der Waals surface area contributed by atoms with Gasteiger partial charge in [-0.1, -0.05) is 19.8 Å². The van der Waals surface area contributed by atoms with Crippen molar-refractivity contribution < 1.29 is 5.11 Å². The van der Waals surface area contributed by atoms with Gasteiger partial charge in [0.25, 0.3) is 0 Å². The van der Waals surface area contributed by atoms with Gasteiger partial charge in [0.15, 0.2) is 0 Å². The van der Waals surface area contributed by atoms with Crippen molar-refractivity contribution in [3.63, 3.8) is 0 Å². The number of aliphatic hydroxyl groups excluding tert-OH is 1. The Hall–Kier alpha value is -0.520. The normalized spacial score (nSPS) is 15.8. The molecule has 1 unspecified atom stereocenters. The van der Waals surface area contributed by atoms with E-state index in [1.807, 2.05) is 13.8 Å². The molecule has 0 aromatic rings. The minimum Gasteiger partial charge on any atom is -0.393 e. The number of rotatable bonds is 4. The van der Waals surface area contributed by atoms with Gasteiger partial charge in [-0.25, -0.2) is 0 Å². The van der Waals surface area contributed by atoms with Crippen molar-refractivity contribution in [2.24, 2.45) is 0 Å². The molecule has 0 saturated heterocycles. The van der Waals surface area contributed by atoms with Crippen LogP contribution in [0.15, 0.2) is 0 Å². The Morgan fingerprint density at radius 2 is 2.20 bits per heavy atom. The first-order valence-corrected chi connectivity index (χ1v) is 3.58. The SMILES string of the molecule is C#CC(CC)(CO)NCC. The van der Waals surface area contributed by atoms with Crippen LogP contribution in [0.4, 0.5) is 0 Å². The zero-order chi connectivity index (χ0) is 8.04. The second-order valence-corrected chi connectivity index (χ2v) is 2.27. The lowest BCUT2D eigenvalue weighted by atomic mass is 9.99. The van der Waals surface area contributed by atoms with Gasteiger partial charge in [0.1, 0.15) is 5.54 Å². The minimum atomic E-state index is -0.491. The smallest absolute Gasteiger partial charge is 0.103 e. The van der Waals surface area contributed by atoms with E-state index in [0.717, 1.165) is 13.0 Å². The first-order chi connectivity index (χ1) is 4.74. The lowest BCUT2D eigenvalue weighted by Crippen LogP contribution is -2.46. The van der Waals surface area contributed by atoms with Crippen LogP contribution in [0.1, 0.15) is 20.3 Å². The molecule has 58 valence electrons. The first kappa shape index (κ1) is 9.48. The number of terminal acetylenes is 1. The molecule has 2 nitrogen and oxygen atoms in total. The Morgan fingerprint density at radius 1 is 1.60 bits per heavy atom. The molecule has 0 aliphatic heterocycles. The summed E-state index contributed by atoms with van der Waals surface area (Å²) >= 11 is 0. The summed E-state index contributed by atoms with van der Waals surface area (Å²) in [6.45, 7) is 4.72. The molecule has 0 heterocycles. The Balaban J connectivity index is 4.05. The minimum absolute atomic E-state index is 0.00778. The third-order valence-electron chi connectivity index (χ3n) is 1.66. The van der Waals surface area contributed by atoms with Gasteiger partial charge in [0.2, 0.25) is 0 Å². The molecule has 0 aliphatic rings. The second-order valence-electron chi connectivity index (χ2n) is 2.27. The summed E-state index contributed by atoms with van der Waals surface area (Å²) in [6, 6.07) is 0. The highest BCUT2D eigenvalue weighted by atomic mass is 16.3. The summed E-state index contributed by atoms with van der Waals surface area (Å²) in [6.07, 6.45) is 6.00. The Kier molecular flexibility index (Phi) is 4.10. The van der Waals surface area contributed by atoms with E-state index in [4.69, 9.17) is 11.5 Å². The summed E-state index contributed by atoms with van der Waals surface area (Å²) in [7, 11) is 0. The molecule has 0 bridgehead atoms. The van der Waals surface area contributed by atoms with Crippen LogP contribution in [0.5, 0.6) is 0 Å². The first-order valence-electron chi connectivity index (χ1n) is 3.58. The summed E-state index contributed by atoms with van der Waals surface area (Å²) in [5, 5.41) is 12.0. The fourth-order valence-corrected chi connectivity index (χ4v) is 0.830. The highest BCUT2D eigenvalue weighted by Crippen LogP contribution is 2.06. The Morgan fingerprint density at radius 3 is 2.30 bits per heavy atom. The van der Waals surface area contributed by atoms with Gasteiger partial charge in [-0.2, -0.15) is 0 Å². The van der Waals surface area contributed by atoms with Crippen molar-refractivity contribution in [3.8, 4) is 12.3 Å². The lowest BCUT2D eigenvalue weighted by molar-refractivity contribution is 0.200. The van der Waals surface area contributed by atoms with E-state index >= 15 is 0 Å². The van der Waals surface area contributed by atoms with E-state index in [1.54, 1.807) is 0 Å². The molecule has 0 spiro atoms. The van der Waals surface area contributed by atoms with Crippen LogP contribution in [0.3, 0.4) is 0 Å². The molecule has 0 aromatic heterocycles. The van der Waals surface area contributed by atoms with Crippen LogP contribution in [0, 0.1) is 12.3 Å². The molecule has 0 fully saturated rings. The van der Waals surface area contributed by atoms with E-state index in [2.05, 4.69) is 11.2 Å². The number of hydrogen-bond acceptors (Lipinski definition) is 2. The van der Waals surface area contributed by atoms with Crippen molar-refractivity contribution in [2.75, 3.05) is 13.2 Å². The van der Waals surface area contributed by atoms with Crippen LogP contribution in [-0.2, 0) is 0 Å². The third-order valence-corrected chi connectivity index (χ3v) is 1.66. The van der Waals surface area contributed by atoms with Gasteiger partial charge < -0.3 is 5.11 Å². The number of likely N-dealkylation sites (N-methyl/N-ethyl adjacent to an activating group) is 1. The van der Waals surface area contributed by atoms with Crippen molar-refractivity contribution in [1.82, 2.24) is 5.32 Å². The molecule has 0 radical (unpaired) electrons. The maximum Gasteiger partial charge on any atom is 0.103 e. The standard InChI is InChI=1S/C8H15NO/c1-4-8(5-2,7-10)9-6-3/h1,9-10H,5-7H2,2-3H3. The number of nitrogens with one attached hydrogen (secondary N) is 1. The van der Waals surface area contributed by atoms with Gasteiger partial charge in [-0.15, -0.1) is 6.42 Å². The summed E-state index contributed by atoms with van der Waals surface area (Å²) in [5.74, 6) is 2.55. The van der Waals surface area contributed by atoms with Crippen molar-refractivity contribution in [1.29, 1.82) is 0 Å². The second kappa shape index (κ2) is 4.32. The molecule has 10 heavy (non-hydrogen) atoms. The van der Waals surface area contributed by atoms with Crippen LogP contribution in [-0.4, -0.2) is 23.8 Å². The molecule has 1 atom stereocenters. The van der Waals surface area contributed by atoms with Crippen LogP contribution in [0.25, 0.3) is 0 Å². The van der Waals surface area contributed by atoms with E-state index in [9.17, 15) is 0 Å². The molecule has 2 N–H and O–H groups in total. The summed E-state index contributed by atoms with van der Waals surface area (Å²) in [4.78, 5) is 0. The van der Waals surface area contributed by atoms with Crippen molar-refractivity contribution in [2.45, 2.75) is 25.8 Å². The van der Waals surface area contributed by atoms with E-state index in [0.29, 0.717) is 0 Å². The molecule has 0 aromatic carbocycles. The Labute approximate surface area is 62.6 Å². The lowest BCUT2D eigenvalue weighted by Gasteiger charge is -2.24. The van der Waals surface area contributed by atoms with Crippen LogP contribution >= 0.6 is 0 Å². The number of hydrogen-bond donors (Lipinski definition) is 2. The predicted molar refractivity (Wildman–Crippen MR) is 42.6 cm³/mol. The zero-order valence-corrected chi connectivity index (χ0v) is 6.65.